The van der Waals surface area contributed by atoms with Crippen molar-refractivity contribution in [3.8, 4) is 0 Å². The van der Waals surface area contributed by atoms with Crippen molar-refractivity contribution in [2.24, 2.45) is 0 Å². The maximum Gasteiger partial charge on any atom is 0.244 e. The smallest absolute Gasteiger partial charge is 0.244 e. The highest BCUT2D eigenvalue weighted by molar-refractivity contribution is 8.60. The van der Waals surface area contributed by atoms with Crippen LogP contribution in [0.15, 0.2) is 0 Å². The molecule has 0 unspecified atom stereocenters. The molecule has 0 spiro atoms. The van der Waals surface area contributed by atoms with Crippen molar-refractivity contribution in [1.29, 1.82) is 0 Å². The summed E-state index contributed by atoms with van der Waals surface area (Å²) in [6.45, 7) is 0.965. The Labute approximate surface area is 88.6 Å². The van der Waals surface area contributed by atoms with Crippen molar-refractivity contribution in [2.45, 2.75) is 0 Å². The van der Waals surface area contributed by atoms with E-state index in [9.17, 15) is 0 Å². The van der Waals surface area contributed by atoms with Crippen LogP contribution in [0.25, 0.3) is 0 Å². The van der Waals surface area contributed by atoms with Crippen LogP contribution in [0.4, 0.5) is 0 Å². The van der Waals surface area contributed by atoms with Crippen molar-refractivity contribution in [1.82, 2.24) is 0 Å². The van der Waals surface area contributed by atoms with E-state index in [4.69, 9.17) is 20.9 Å². The fraction of sp³-hybridized carbons (Fsp3) is 1.00. The highest BCUT2D eigenvalue weighted by atomic mass is 32.9. The van der Waals surface area contributed by atoms with Crippen LogP contribution in [0, 0.1) is 0 Å². The van der Waals surface area contributed by atoms with Gasteiger partial charge in [0.05, 0.1) is 13.2 Å². The van der Waals surface area contributed by atoms with E-state index in [2.05, 4.69) is 37.5 Å². The molecule has 2 nitrogen and oxygen atoms in total. The van der Waals surface area contributed by atoms with Gasteiger partial charge in [-0.15, -0.1) is 0 Å². The molecule has 7 heteroatoms. The Balaban J connectivity index is 3.53. The Morgan fingerprint density at radius 2 is 1.45 bits per heavy atom. The minimum absolute atomic E-state index is 0.483. The zero-order chi connectivity index (χ0) is 8.74. The third kappa shape index (κ3) is 7.96. The molecule has 0 aliphatic heterocycles. The van der Waals surface area contributed by atoms with Gasteiger partial charge in [0.25, 0.3) is 0 Å². The second-order valence-electron chi connectivity index (χ2n) is 1.58. The lowest BCUT2D eigenvalue weighted by atomic mass is 10.9. The summed E-state index contributed by atoms with van der Waals surface area (Å²) in [5.41, 5.74) is -2.30. The molecule has 0 saturated carbocycles. The molecule has 11 heavy (non-hydrogen) atoms. The van der Waals surface area contributed by atoms with Gasteiger partial charge in [-0.1, -0.05) is 12.2 Å². The predicted octanol–water partition coefficient (Wildman–Crippen LogP) is 2.03. The van der Waals surface area contributed by atoms with Crippen LogP contribution in [0.5, 0.6) is 0 Å². The molecule has 0 aliphatic carbocycles. The van der Waals surface area contributed by atoms with Crippen molar-refractivity contribution in [2.75, 3.05) is 24.7 Å². The highest BCUT2D eigenvalue weighted by Gasteiger charge is 2.10. The molecule has 0 aromatic heterocycles. The molecule has 0 aliphatic rings. The lowest BCUT2D eigenvalue weighted by Crippen LogP contribution is -1.96. The summed E-state index contributed by atoms with van der Waals surface area (Å²) >= 11 is 16.9. The van der Waals surface area contributed by atoms with E-state index in [-0.39, 0.29) is 0 Å². The molecule has 0 atom stereocenters. The summed E-state index contributed by atoms with van der Waals surface area (Å²) in [7, 11) is 0. The SMILES string of the molecule is S=P(S)(OCCS)OCCS. The molecule has 0 bridgehead atoms. The predicted molar refractivity (Wildman–Crippen MR) is 62.9 cm³/mol. The Morgan fingerprint density at radius 1 is 1.09 bits per heavy atom. The topological polar surface area (TPSA) is 18.5 Å². The van der Waals surface area contributed by atoms with Crippen LogP contribution in [0.1, 0.15) is 0 Å². The molecule has 0 N–H and O–H groups in total. The third-order valence-electron chi connectivity index (χ3n) is 0.691. The first-order valence-electron chi connectivity index (χ1n) is 2.96. The van der Waals surface area contributed by atoms with Crippen LogP contribution in [-0.4, -0.2) is 24.7 Å². The molecule has 0 heterocycles. The molecule has 0 amide bonds. The first kappa shape index (κ1) is 12.6. The first-order valence-corrected chi connectivity index (χ1v) is 8.01. The number of rotatable bonds is 6. The maximum atomic E-state index is 5.14. The van der Waals surface area contributed by atoms with Crippen LogP contribution >= 0.6 is 43.2 Å². The van der Waals surface area contributed by atoms with Crippen LogP contribution < -0.4 is 0 Å². The molecule has 0 saturated heterocycles. The number of thiol groups is 3. The Hall–Kier alpha value is 1.62. The molecule has 0 fully saturated rings. The van der Waals surface area contributed by atoms with E-state index in [0.717, 1.165) is 0 Å². The minimum Gasteiger partial charge on any atom is -0.321 e. The molecule has 0 aromatic carbocycles. The van der Waals surface area contributed by atoms with E-state index in [0.29, 0.717) is 24.7 Å². The summed E-state index contributed by atoms with van der Waals surface area (Å²) in [5.74, 6) is 1.26. The summed E-state index contributed by atoms with van der Waals surface area (Å²) in [6, 6.07) is 0. The summed E-state index contributed by atoms with van der Waals surface area (Å²) < 4.78 is 10.3. The van der Waals surface area contributed by atoms with Gasteiger partial charge in [0, 0.05) is 11.5 Å². The first-order chi connectivity index (χ1) is 5.12. The monoisotopic (exact) mass is 250 g/mol. The van der Waals surface area contributed by atoms with Gasteiger partial charge in [-0.25, -0.2) is 0 Å². The summed E-state index contributed by atoms with van der Waals surface area (Å²) in [4.78, 5) is 0. The molecule has 0 rings (SSSR count). The molecule has 0 radical (unpaired) electrons. The maximum absolute atomic E-state index is 5.14. The van der Waals surface area contributed by atoms with Crippen LogP contribution in [0.2, 0.25) is 0 Å². The van der Waals surface area contributed by atoms with Crippen LogP contribution in [-0.2, 0) is 20.9 Å². The van der Waals surface area contributed by atoms with Crippen LogP contribution in [0.3, 0.4) is 0 Å². The quantitative estimate of drug-likeness (QED) is 0.495. The minimum atomic E-state index is -2.30. The number of hydrogen-bond donors (Lipinski definition) is 3. The van der Waals surface area contributed by atoms with Gasteiger partial charge < -0.3 is 9.05 Å². The van der Waals surface area contributed by atoms with Gasteiger partial charge in [-0.3, -0.25) is 0 Å². The average molecular weight is 250 g/mol. The van der Waals surface area contributed by atoms with Crippen molar-refractivity contribution < 1.29 is 9.05 Å². The van der Waals surface area contributed by atoms with E-state index < -0.39 is 5.69 Å². The average Bonchev–Trinajstić information content (AvgIpc) is 1.97. The summed E-state index contributed by atoms with van der Waals surface area (Å²) in [6.07, 6.45) is 0. The van der Waals surface area contributed by atoms with E-state index in [1.54, 1.807) is 0 Å². The fourth-order valence-corrected chi connectivity index (χ4v) is 2.48. The Bertz CT molecular complexity index is 130. The largest absolute Gasteiger partial charge is 0.321 e. The molecular formula is C4H11O2PS4. The van der Waals surface area contributed by atoms with Gasteiger partial charge in [0.15, 0.2) is 0 Å². The number of hydrogen-bond acceptors (Lipinski definition) is 5. The molecule has 68 valence electrons. The normalized spacial score (nSPS) is 11.9. The van der Waals surface area contributed by atoms with E-state index in [1.807, 2.05) is 0 Å². The highest BCUT2D eigenvalue weighted by Crippen LogP contribution is 2.53. The zero-order valence-corrected chi connectivity index (χ0v) is 10.2. The second kappa shape index (κ2) is 7.06. The zero-order valence-electron chi connectivity index (χ0n) is 5.84. The van der Waals surface area contributed by atoms with E-state index >= 15 is 0 Å². The van der Waals surface area contributed by atoms with Crippen molar-refractivity contribution in [3.05, 3.63) is 0 Å². The Kier molecular flexibility index (Phi) is 8.11. The molecular weight excluding hydrogens is 239 g/mol. The fourth-order valence-electron chi connectivity index (χ4n) is 0.350. The van der Waals surface area contributed by atoms with Gasteiger partial charge in [-0.2, -0.15) is 25.3 Å². The van der Waals surface area contributed by atoms with Crippen molar-refractivity contribution >= 4 is 55.0 Å². The third-order valence-corrected chi connectivity index (χ3v) is 3.40. The molecule has 0 aromatic rings. The van der Waals surface area contributed by atoms with Crippen molar-refractivity contribution in [3.63, 3.8) is 0 Å². The van der Waals surface area contributed by atoms with Gasteiger partial charge in [0.2, 0.25) is 5.69 Å². The Morgan fingerprint density at radius 3 is 1.73 bits per heavy atom. The standard InChI is InChI=1S/C4H11O2PS4/c8-3-1-5-7(10,11)6-2-4-9/h8-9H,1-4H2,(H,10,11). The summed E-state index contributed by atoms with van der Waals surface area (Å²) in [5, 5.41) is 0. The second-order valence-corrected chi connectivity index (χ2v) is 7.76. The lowest BCUT2D eigenvalue weighted by Gasteiger charge is -2.14. The lowest BCUT2D eigenvalue weighted by molar-refractivity contribution is 0.285. The van der Waals surface area contributed by atoms with Gasteiger partial charge in [-0.05, 0) is 11.8 Å². The van der Waals surface area contributed by atoms with E-state index in [1.165, 1.54) is 0 Å². The van der Waals surface area contributed by atoms with Gasteiger partial charge >= 0.3 is 0 Å². The van der Waals surface area contributed by atoms with Gasteiger partial charge in [0.1, 0.15) is 0 Å².